The lowest BCUT2D eigenvalue weighted by Gasteiger charge is -2.38. The first-order chi connectivity index (χ1) is 15.1. The van der Waals surface area contributed by atoms with E-state index in [2.05, 4.69) is 5.32 Å². The minimum Gasteiger partial charge on any atom is -0.508 e. The van der Waals surface area contributed by atoms with Crippen LogP contribution in [-0.4, -0.2) is 73.9 Å². The zero-order valence-corrected chi connectivity index (χ0v) is 17.3. The van der Waals surface area contributed by atoms with Gasteiger partial charge in [-0.1, -0.05) is 24.3 Å². The molecule has 2 aromatic rings. The summed E-state index contributed by atoms with van der Waals surface area (Å²) in [5.41, 5.74) is 1.75. The highest BCUT2D eigenvalue weighted by Crippen LogP contribution is 2.33. The van der Waals surface area contributed by atoms with Crippen molar-refractivity contribution in [2.24, 2.45) is 0 Å². The summed E-state index contributed by atoms with van der Waals surface area (Å²) in [7, 11) is 0. The van der Waals surface area contributed by atoms with E-state index in [4.69, 9.17) is 9.47 Å². The van der Waals surface area contributed by atoms with Crippen molar-refractivity contribution in [2.75, 3.05) is 50.8 Å². The lowest BCUT2D eigenvalue weighted by atomic mass is 10.1. The maximum Gasteiger partial charge on any atom is 0.265 e. The van der Waals surface area contributed by atoms with E-state index in [0.29, 0.717) is 51.6 Å². The molecule has 8 heteroatoms. The number of phenols is 1. The number of phenolic OH excluding ortho intramolecular Hbond substituents is 1. The van der Waals surface area contributed by atoms with Gasteiger partial charge in [-0.3, -0.25) is 9.59 Å². The number of ether oxygens (including phenoxy) is 2. The van der Waals surface area contributed by atoms with E-state index in [-0.39, 0.29) is 24.1 Å². The van der Waals surface area contributed by atoms with Gasteiger partial charge in [0, 0.05) is 19.6 Å². The van der Waals surface area contributed by atoms with Crippen molar-refractivity contribution >= 4 is 17.5 Å². The van der Waals surface area contributed by atoms with Crippen LogP contribution in [0.15, 0.2) is 48.5 Å². The van der Waals surface area contributed by atoms with Gasteiger partial charge >= 0.3 is 0 Å². The van der Waals surface area contributed by atoms with E-state index in [1.54, 1.807) is 23.1 Å². The van der Waals surface area contributed by atoms with Crippen molar-refractivity contribution < 1.29 is 24.2 Å². The van der Waals surface area contributed by atoms with Crippen molar-refractivity contribution in [3.8, 4) is 11.5 Å². The van der Waals surface area contributed by atoms with Crippen molar-refractivity contribution in [1.29, 1.82) is 0 Å². The standard InChI is InChI=1S/C23H27N3O5/c27-18-5-3-4-17(14-18)8-9-24-22(28)16-26-15-21(23(29)25-10-12-30-13-11-25)31-20-7-2-1-6-19(20)26/h1-7,14,21,27H,8-13,15-16H2,(H,24,28). The van der Waals surface area contributed by atoms with E-state index < -0.39 is 6.10 Å². The minimum atomic E-state index is -0.659. The highest BCUT2D eigenvalue weighted by Gasteiger charge is 2.34. The molecule has 1 atom stereocenters. The van der Waals surface area contributed by atoms with E-state index in [0.717, 1.165) is 11.3 Å². The number of amides is 2. The molecule has 1 saturated heterocycles. The Kier molecular flexibility index (Phi) is 6.57. The Labute approximate surface area is 181 Å². The highest BCUT2D eigenvalue weighted by atomic mass is 16.5. The van der Waals surface area contributed by atoms with Gasteiger partial charge in [0.15, 0.2) is 6.10 Å². The Balaban J connectivity index is 1.37. The molecular weight excluding hydrogens is 398 g/mol. The molecule has 2 aliphatic rings. The predicted octanol–water partition coefficient (Wildman–Crippen LogP) is 1.18. The third-order valence-corrected chi connectivity index (χ3v) is 5.44. The van der Waals surface area contributed by atoms with Crippen LogP contribution in [0.3, 0.4) is 0 Å². The van der Waals surface area contributed by atoms with Crippen LogP contribution in [0.25, 0.3) is 0 Å². The number of fused-ring (bicyclic) bond motifs is 1. The zero-order chi connectivity index (χ0) is 21.6. The predicted molar refractivity (Wildman–Crippen MR) is 115 cm³/mol. The number of nitrogens with zero attached hydrogens (tertiary/aromatic N) is 2. The summed E-state index contributed by atoms with van der Waals surface area (Å²) in [6.07, 6.45) is -0.0362. The van der Waals surface area contributed by atoms with Crippen molar-refractivity contribution in [3.63, 3.8) is 0 Å². The molecule has 1 fully saturated rings. The quantitative estimate of drug-likeness (QED) is 0.722. The molecule has 1 unspecified atom stereocenters. The Morgan fingerprint density at radius 1 is 1.10 bits per heavy atom. The number of benzene rings is 2. The number of nitrogens with one attached hydrogen (secondary N) is 1. The molecule has 0 aromatic heterocycles. The third-order valence-electron chi connectivity index (χ3n) is 5.44. The summed E-state index contributed by atoms with van der Waals surface area (Å²) < 4.78 is 11.3. The number of morpholine rings is 1. The van der Waals surface area contributed by atoms with Gasteiger partial charge < -0.3 is 29.7 Å². The van der Waals surface area contributed by atoms with Gasteiger partial charge in [0.2, 0.25) is 5.91 Å². The molecule has 2 amide bonds. The minimum absolute atomic E-state index is 0.0768. The molecule has 4 rings (SSSR count). The molecule has 0 saturated carbocycles. The van der Waals surface area contributed by atoms with Crippen LogP contribution in [0, 0.1) is 0 Å². The fourth-order valence-corrected chi connectivity index (χ4v) is 3.86. The number of carbonyl (C=O) groups is 2. The largest absolute Gasteiger partial charge is 0.508 e. The number of hydrogen-bond acceptors (Lipinski definition) is 6. The summed E-state index contributed by atoms with van der Waals surface area (Å²) >= 11 is 0. The summed E-state index contributed by atoms with van der Waals surface area (Å²) in [5.74, 6) is 0.610. The van der Waals surface area contributed by atoms with Crippen LogP contribution in [0.4, 0.5) is 5.69 Å². The van der Waals surface area contributed by atoms with Crippen molar-refractivity contribution in [1.82, 2.24) is 10.2 Å². The molecule has 2 aliphatic heterocycles. The topological polar surface area (TPSA) is 91.3 Å². The lowest BCUT2D eigenvalue weighted by molar-refractivity contribution is -0.142. The molecular formula is C23H27N3O5. The molecule has 2 heterocycles. The Morgan fingerprint density at radius 2 is 1.90 bits per heavy atom. The van der Waals surface area contributed by atoms with Crippen LogP contribution in [0.5, 0.6) is 11.5 Å². The molecule has 31 heavy (non-hydrogen) atoms. The van der Waals surface area contributed by atoms with Gasteiger partial charge in [-0.15, -0.1) is 0 Å². The van der Waals surface area contributed by atoms with E-state index in [1.165, 1.54) is 0 Å². The maximum absolute atomic E-state index is 12.9. The van der Waals surface area contributed by atoms with Crippen LogP contribution in [0.2, 0.25) is 0 Å². The van der Waals surface area contributed by atoms with Gasteiger partial charge in [0.1, 0.15) is 11.5 Å². The molecule has 0 bridgehead atoms. The van der Waals surface area contributed by atoms with E-state index in [1.807, 2.05) is 35.2 Å². The molecule has 2 aromatic carbocycles. The number of carbonyl (C=O) groups excluding carboxylic acids is 2. The third kappa shape index (κ3) is 5.27. The fourth-order valence-electron chi connectivity index (χ4n) is 3.86. The lowest BCUT2D eigenvalue weighted by Crippen LogP contribution is -2.54. The summed E-state index contributed by atoms with van der Waals surface area (Å²) in [6, 6.07) is 14.5. The first kappa shape index (κ1) is 21.0. The first-order valence-corrected chi connectivity index (χ1v) is 10.5. The van der Waals surface area contributed by atoms with Crippen LogP contribution < -0.4 is 15.0 Å². The van der Waals surface area contributed by atoms with E-state index >= 15 is 0 Å². The van der Waals surface area contributed by atoms with Gasteiger partial charge in [0.25, 0.3) is 5.91 Å². The second-order valence-corrected chi connectivity index (χ2v) is 7.66. The van der Waals surface area contributed by atoms with Gasteiger partial charge in [-0.25, -0.2) is 0 Å². The van der Waals surface area contributed by atoms with E-state index in [9.17, 15) is 14.7 Å². The van der Waals surface area contributed by atoms with Crippen molar-refractivity contribution in [3.05, 3.63) is 54.1 Å². The Bertz CT molecular complexity index is 929. The SMILES string of the molecule is O=C(CN1CC(C(=O)N2CCOCC2)Oc2ccccc21)NCCc1cccc(O)c1. The second kappa shape index (κ2) is 9.70. The number of rotatable bonds is 6. The number of para-hydroxylation sites is 2. The number of aromatic hydroxyl groups is 1. The monoisotopic (exact) mass is 425 g/mol. The van der Waals surface area contributed by atoms with Crippen LogP contribution in [0.1, 0.15) is 5.56 Å². The van der Waals surface area contributed by atoms with Gasteiger partial charge in [0.05, 0.1) is 32.0 Å². The second-order valence-electron chi connectivity index (χ2n) is 7.66. The molecule has 0 aliphatic carbocycles. The molecule has 164 valence electrons. The average molecular weight is 425 g/mol. The van der Waals surface area contributed by atoms with Crippen LogP contribution in [-0.2, 0) is 20.7 Å². The van der Waals surface area contributed by atoms with Crippen LogP contribution >= 0.6 is 0 Å². The van der Waals surface area contributed by atoms with Gasteiger partial charge in [-0.05, 0) is 36.2 Å². The summed E-state index contributed by atoms with van der Waals surface area (Å²) in [6.45, 7) is 3.07. The normalized spacial score (nSPS) is 18.1. The maximum atomic E-state index is 12.9. The average Bonchev–Trinajstić information content (AvgIpc) is 2.79. The van der Waals surface area contributed by atoms with Gasteiger partial charge in [-0.2, -0.15) is 0 Å². The molecule has 0 radical (unpaired) electrons. The Morgan fingerprint density at radius 3 is 2.71 bits per heavy atom. The van der Waals surface area contributed by atoms with Crippen molar-refractivity contribution in [2.45, 2.75) is 12.5 Å². The molecule has 8 nitrogen and oxygen atoms in total. The first-order valence-electron chi connectivity index (χ1n) is 10.5. The molecule has 2 N–H and O–H groups in total. The summed E-state index contributed by atoms with van der Waals surface area (Å²) in [5, 5.41) is 12.5. The highest BCUT2D eigenvalue weighted by molar-refractivity contribution is 5.86. The number of hydrogen-bond donors (Lipinski definition) is 2. The smallest absolute Gasteiger partial charge is 0.265 e. The zero-order valence-electron chi connectivity index (χ0n) is 17.3. The number of anilines is 1. The molecule has 0 spiro atoms. The summed E-state index contributed by atoms with van der Waals surface area (Å²) in [4.78, 5) is 29.2. The fraction of sp³-hybridized carbons (Fsp3) is 0.391. The Hall–Kier alpha value is -3.26.